The molecule has 6 aromatic rings. The normalized spacial score (nSPS) is 17.1. The molecule has 4 heterocycles. The molecule has 18 radical (unpaired) electrons. The molecule has 5 N–H and O–H groups in total. The molecule has 17 nitrogen and oxygen atoms in total. The molecule has 0 saturated heterocycles. The second-order valence-corrected chi connectivity index (χ2v) is 24.9. The van der Waals surface area contributed by atoms with Crippen LogP contribution in [0.1, 0.15) is 64.7 Å². The van der Waals surface area contributed by atoms with Crippen LogP contribution < -0.4 is 31.2 Å². The second-order valence-electron chi connectivity index (χ2n) is 20.5. The number of hydrogen-bond acceptors (Lipinski definition) is 13. The van der Waals surface area contributed by atoms with E-state index in [1.165, 1.54) is 17.1 Å². The lowest BCUT2D eigenvalue weighted by Crippen LogP contribution is -2.75. The summed E-state index contributed by atoms with van der Waals surface area (Å²) in [6.07, 6.45) is 7.65. The zero-order valence-corrected chi connectivity index (χ0v) is 48.6. The molecule has 0 amide bonds. The molecule has 0 bridgehead atoms. The summed E-state index contributed by atoms with van der Waals surface area (Å²) in [5.41, 5.74) is 2.65. The van der Waals surface area contributed by atoms with Crippen LogP contribution >= 0.6 is 23.2 Å². The van der Waals surface area contributed by atoms with E-state index in [4.69, 9.17) is 97.6 Å². The van der Waals surface area contributed by atoms with Crippen molar-refractivity contribution in [3.05, 3.63) is 104 Å². The Labute approximate surface area is 500 Å². The van der Waals surface area contributed by atoms with Gasteiger partial charge in [-0.15, -0.1) is 0 Å². The lowest BCUT2D eigenvalue weighted by molar-refractivity contribution is 0.0779. The molecule has 2 aromatic carbocycles. The van der Waals surface area contributed by atoms with Crippen LogP contribution in [-0.4, -0.2) is 204 Å². The third kappa shape index (κ3) is 19.3. The third-order valence-electron chi connectivity index (χ3n) is 13.9. The van der Waals surface area contributed by atoms with Gasteiger partial charge < -0.3 is 20.4 Å². The number of aromatic nitrogens is 6. The number of halogens is 2. The number of benzene rings is 2. The van der Waals surface area contributed by atoms with Crippen molar-refractivity contribution in [3.63, 3.8) is 0 Å². The summed E-state index contributed by atoms with van der Waals surface area (Å²) in [7, 11) is 43.9. The van der Waals surface area contributed by atoms with Crippen LogP contribution in [0.3, 0.4) is 0 Å². The smallest absolute Gasteiger partial charge is 0.262 e. The largest absolute Gasteiger partial charge is 0.361 e. The molecular weight excluding hydrogens is 1090 g/mol. The predicted octanol–water partition coefficient (Wildman–Crippen LogP) is 0.586. The van der Waals surface area contributed by atoms with Crippen molar-refractivity contribution in [3.8, 4) is 22.3 Å². The van der Waals surface area contributed by atoms with Gasteiger partial charge in [-0.3, -0.25) is 14.2 Å². The van der Waals surface area contributed by atoms with Gasteiger partial charge in [-0.25, -0.2) is 36.2 Å². The monoisotopic (exact) mass is 1140 g/mol. The number of ether oxygens (including phenoxy) is 1. The number of pyridine rings is 2. The van der Waals surface area contributed by atoms with Gasteiger partial charge in [0.25, 0.3) is 11.1 Å². The Morgan fingerprint density at radius 3 is 1.52 bits per heavy atom. The lowest BCUT2D eigenvalue weighted by atomic mass is 8.44. The highest BCUT2D eigenvalue weighted by molar-refractivity contribution is 8.13. The van der Waals surface area contributed by atoms with Crippen molar-refractivity contribution >= 4 is 192 Å². The van der Waals surface area contributed by atoms with Gasteiger partial charge >= 0.3 is 0 Å². The fraction of sp³-hybridized carbons (Fsp3) is 0.409. The molecule has 2 aliphatic rings. The highest BCUT2D eigenvalue weighted by Crippen LogP contribution is 2.30. The SMILES string of the molecule is CCCOCn1c(=O)c(-c2ccccc2Cl)cc2cnc(NC3CCC(NS(C)(=O)=O)CC3)nc21.CS(=O)(=O)NC1CCC(Nc2ncc3cc(-c4ccccc4Cl)c(=O)[nH]c3n2)CC1.[B]B([B])B([B])B(B([B])[B])B(B([B])[B])B([B])[B]. The summed E-state index contributed by atoms with van der Waals surface area (Å²) < 4.78 is 58.3. The number of aromatic amines is 1. The van der Waals surface area contributed by atoms with E-state index in [0.29, 0.717) is 72.9 Å². The Hall–Kier alpha value is -3.98. The maximum atomic E-state index is 13.5. The molecule has 0 atom stereocenters. The van der Waals surface area contributed by atoms with Gasteiger partial charge in [-0.2, -0.15) is 9.97 Å². The third-order valence-corrected chi connectivity index (χ3v) is 16.0. The molecule has 2 aliphatic carbocycles. The van der Waals surface area contributed by atoms with E-state index in [1.807, 2.05) is 37.3 Å². The standard InChI is InChI=1S/C24H30ClN5O4S.C20H22ClN5O3S.B16/c1-3-12-34-15-30-22-16(13-20(23(30)31)19-6-4-5-7-21(19)25)14-26-24(28-22)27-17-8-10-18(11-9-17)29-35(2,32)33;1-30(28,29)26-14-8-6-13(7-9-14)23-20-22-11-12-10-16(19(27)24-18(12)25-20)15-4-2-3-5-17(15)21;1-10(2)14(9)16(13(7)8)15(11(3)4)12(5)6/h4-7,13-14,17-18,29H,3,8-12,15H2,1-2H3,(H,26,27,28);2-5,10-11,13-14,26H,6-9H2,1H3,(H2,22,23,24,25,27);. The average Bonchev–Trinajstić information content (AvgIpc) is 3.41. The summed E-state index contributed by atoms with van der Waals surface area (Å²) >= 11 is 12.6. The van der Waals surface area contributed by atoms with Crippen LogP contribution in [0.15, 0.2) is 82.6 Å². The molecule has 394 valence electrons. The molecule has 0 unspecified atom stereocenters. The van der Waals surface area contributed by atoms with Gasteiger partial charge in [0.2, 0.25) is 31.9 Å². The quantitative estimate of drug-likeness (QED) is 0.0522. The van der Waals surface area contributed by atoms with E-state index in [-0.39, 0.29) is 42.0 Å². The number of nitrogens with zero attached hydrogens (tertiary/aromatic N) is 5. The first-order valence-corrected chi connectivity index (χ1v) is 30.9. The van der Waals surface area contributed by atoms with Crippen molar-refractivity contribution < 1.29 is 21.6 Å². The number of nitrogens with one attached hydrogen (secondary N) is 5. The maximum Gasteiger partial charge on any atom is 0.262 e. The van der Waals surface area contributed by atoms with Gasteiger partial charge in [0.15, 0.2) is 0 Å². The first-order chi connectivity index (χ1) is 38.2. The van der Waals surface area contributed by atoms with E-state index in [1.54, 1.807) is 42.7 Å². The Morgan fingerprint density at radius 2 is 1.06 bits per heavy atom. The zero-order valence-electron chi connectivity index (χ0n) is 45.4. The predicted molar refractivity (Wildman–Crippen MR) is 348 cm³/mol. The Balaban J connectivity index is 0.000000209. The minimum Gasteiger partial charge on any atom is -0.361 e. The van der Waals surface area contributed by atoms with Crippen LogP contribution in [0.5, 0.6) is 0 Å². The topological polar surface area (TPSA) is 232 Å². The summed E-state index contributed by atoms with van der Waals surface area (Å²) in [6.45, 7) is 2.59. The van der Waals surface area contributed by atoms with Crippen molar-refractivity contribution in [2.24, 2.45) is 0 Å². The molecule has 81 heavy (non-hydrogen) atoms. The van der Waals surface area contributed by atoms with E-state index in [2.05, 4.69) is 45.0 Å². The van der Waals surface area contributed by atoms with Gasteiger partial charge in [-0.05, 0) is 82.1 Å². The highest BCUT2D eigenvalue weighted by atomic mass is 35.5. The number of fused-ring (bicyclic) bond motifs is 2. The average molecular weight is 1140 g/mol. The number of H-pyrrole nitrogens is 1. The highest BCUT2D eigenvalue weighted by Gasteiger charge is 2.38. The minimum atomic E-state index is -3.22. The van der Waals surface area contributed by atoms with Crippen molar-refractivity contribution in [1.82, 2.24) is 38.9 Å². The fourth-order valence-electron chi connectivity index (χ4n) is 9.94. The summed E-state index contributed by atoms with van der Waals surface area (Å²) in [6, 6.07) is 18.1. The van der Waals surface area contributed by atoms with Crippen LogP contribution in [0, 0.1) is 0 Å². The molecule has 37 heteroatoms. The molecule has 0 spiro atoms. The van der Waals surface area contributed by atoms with Crippen LogP contribution in [0.4, 0.5) is 11.9 Å². The van der Waals surface area contributed by atoms with Crippen molar-refractivity contribution in [2.45, 2.75) is 95.6 Å². The first kappa shape index (κ1) is 66.2. The summed E-state index contributed by atoms with van der Waals surface area (Å²) in [5, 5.41) is 9.04. The molecule has 8 rings (SSSR count). The number of hydrogen-bond donors (Lipinski definition) is 5. The van der Waals surface area contributed by atoms with Gasteiger partial charge in [0.1, 0.15) is 18.0 Å². The molecule has 4 aromatic heterocycles. The van der Waals surface area contributed by atoms with Gasteiger partial charge in [-0.1, -0.05) is 66.5 Å². The minimum absolute atomic E-state index is 0.0323. The van der Waals surface area contributed by atoms with Crippen LogP contribution in [0.2, 0.25) is 10.0 Å². The summed E-state index contributed by atoms with van der Waals surface area (Å²) in [5.74, 6) is 0.856. The number of sulfonamides is 2. The van der Waals surface area contributed by atoms with Gasteiger partial charge in [0, 0.05) is 201 Å². The first-order valence-electron chi connectivity index (χ1n) is 26.4. The van der Waals surface area contributed by atoms with E-state index in [9.17, 15) is 26.4 Å². The number of rotatable bonds is 20. The van der Waals surface area contributed by atoms with E-state index >= 15 is 0 Å². The maximum absolute atomic E-state index is 13.5. The van der Waals surface area contributed by atoms with Crippen LogP contribution in [-0.2, 0) is 31.5 Å². The molecule has 2 saturated carbocycles. The fourth-order valence-corrected chi connectivity index (χ4v) is 12.1. The lowest BCUT2D eigenvalue weighted by Gasteiger charge is -2.37. The van der Waals surface area contributed by atoms with Crippen LogP contribution in [0.25, 0.3) is 44.3 Å². The zero-order chi connectivity index (χ0) is 59.3. The Bertz CT molecular complexity index is 3420. The number of anilines is 2. The van der Waals surface area contributed by atoms with Crippen molar-refractivity contribution in [2.75, 3.05) is 29.8 Å². The Kier molecular flexibility index (Phi) is 24.7. The molecule has 2 fully saturated rings. The second kappa shape index (κ2) is 30.2. The van der Waals surface area contributed by atoms with E-state index in [0.717, 1.165) is 57.8 Å². The van der Waals surface area contributed by atoms with Gasteiger partial charge in [0.05, 0.1) is 12.5 Å². The van der Waals surface area contributed by atoms with E-state index < -0.39 is 64.7 Å². The Morgan fingerprint density at radius 1 is 0.617 bits per heavy atom. The van der Waals surface area contributed by atoms with Crippen molar-refractivity contribution in [1.29, 1.82) is 0 Å². The molecular formula is C44H52B16Cl2N10O7S2. The summed E-state index contributed by atoms with van der Waals surface area (Å²) in [4.78, 5) is 46.8. The molecule has 0 aliphatic heterocycles.